The fourth-order valence-corrected chi connectivity index (χ4v) is 1.15. The van der Waals surface area contributed by atoms with Crippen LogP contribution in [0.4, 0.5) is 0 Å². The average Bonchev–Trinajstić information content (AvgIpc) is 2.05. The summed E-state index contributed by atoms with van der Waals surface area (Å²) in [5, 5.41) is 0. The fraction of sp³-hybridized carbons (Fsp3) is 0.875. The zero-order valence-electron chi connectivity index (χ0n) is 7.35. The lowest BCUT2D eigenvalue weighted by molar-refractivity contribution is -0.272. The number of alkyl halides is 1. The molecule has 0 fully saturated rings. The van der Waals surface area contributed by atoms with E-state index in [-0.39, 0.29) is 5.97 Å². The van der Waals surface area contributed by atoms with E-state index in [0.717, 1.165) is 23.7 Å². The highest BCUT2D eigenvalue weighted by molar-refractivity contribution is 14.1. The summed E-state index contributed by atoms with van der Waals surface area (Å²) in [5.74, 6) is -0.271. The summed E-state index contributed by atoms with van der Waals surface area (Å²) in [4.78, 5) is 19.9. The van der Waals surface area contributed by atoms with E-state index in [0.29, 0.717) is 13.0 Å². The first kappa shape index (κ1) is 12.2. The van der Waals surface area contributed by atoms with Gasteiger partial charge in [-0.1, -0.05) is 29.5 Å². The van der Waals surface area contributed by atoms with Gasteiger partial charge in [-0.2, -0.15) is 4.89 Å². The predicted octanol–water partition coefficient (Wildman–Crippen LogP) is 2.48. The summed E-state index contributed by atoms with van der Waals surface area (Å²) < 4.78 is 1.12. The summed E-state index contributed by atoms with van der Waals surface area (Å²) in [7, 11) is 0. The Kier molecular flexibility index (Phi) is 9.37. The van der Waals surface area contributed by atoms with E-state index in [1.165, 1.54) is 0 Å². The third kappa shape index (κ3) is 8.26. The van der Waals surface area contributed by atoms with Gasteiger partial charge >= 0.3 is 5.97 Å². The molecule has 3 nitrogen and oxygen atoms in total. The molecule has 72 valence electrons. The smallest absolute Gasteiger partial charge is 0.298 e. The van der Waals surface area contributed by atoms with E-state index in [1.54, 1.807) is 0 Å². The molecule has 0 aromatic carbocycles. The summed E-state index contributed by atoms with van der Waals surface area (Å²) >= 11 is 2.30. The van der Waals surface area contributed by atoms with Gasteiger partial charge in [0.2, 0.25) is 0 Å². The number of hydrogen-bond acceptors (Lipinski definition) is 3. The molecule has 0 aromatic rings. The lowest BCUT2D eigenvalue weighted by atomic mass is 10.3. The first-order valence-corrected chi connectivity index (χ1v) is 5.72. The maximum absolute atomic E-state index is 10.7. The minimum Gasteiger partial charge on any atom is -0.298 e. The van der Waals surface area contributed by atoms with Crippen molar-refractivity contribution in [3.63, 3.8) is 0 Å². The topological polar surface area (TPSA) is 35.5 Å². The van der Waals surface area contributed by atoms with Crippen molar-refractivity contribution in [2.45, 2.75) is 32.6 Å². The maximum Gasteiger partial charge on any atom is 0.342 e. The van der Waals surface area contributed by atoms with Crippen molar-refractivity contribution in [2.75, 3.05) is 11.0 Å². The molecule has 0 atom stereocenters. The van der Waals surface area contributed by atoms with Gasteiger partial charge in [-0.25, -0.2) is 4.79 Å². The number of halogens is 1. The van der Waals surface area contributed by atoms with Crippen LogP contribution in [0.1, 0.15) is 32.6 Å². The lowest BCUT2D eigenvalue weighted by Gasteiger charge is -2.01. The summed E-state index contributed by atoms with van der Waals surface area (Å²) in [6, 6.07) is 0. The second-order valence-electron chi connectivity index (χ2n) is 2.42. The van der Waals surface area contributed by atoms with Crippen LogP contribution in [-0.2, 0) is 14.6 Å². The average molecular weight is 286 g/mol. The minimum atomic E-state index is -0.271. The van der Waals surface area contributed by atoms with Crippen LogP contribution >= 0.6 is 22.6 Å². The van der Waals surface area contributed by atoms with E-state index in [1.807, 2.05) is 6.92 Å². The van der Waals surface area contributed by atoms with Crippen LogP contribution in [0.3, 0.4) is 0 Å². The Morgan fingerprint density at radius 3 is 2.75 bits per heavy atom. The van der Waals surface area contributed by atoms with Crippen LogP contribution in [0.25, 0.3) is 0 Å². The molecule has 0 bridgehead atoms. The van der Waals surface area contributed by atoms with Crippen molar-refractivity contribution in [1.29, 1.82) is 0 Å². The molecule has 0 spiro atoms. The van der Waals surface area contributed by atoms with Gasteiger partial charge in [-0.05, 0) is 23.7 Å². The van der Waals surface area contributed by atoms with Gasteiger partial charge in [0, 0.05) is 6.42 Å². The number of carbonyl (C=O) groups excluding carboxylic acids is 1. The van der Waals surface area contributed by atoms with E-state index in [9.17, 15) is 4.79 Å². The zero-order valence-corrected chi connectivity index (χ0v) is 9.50. The molecule has 0 heterocycles. The van der Waals surface area contributed by atoms with Crippen LogP contribution in [0, 0.1) is 0 Å². The van der Waals surface area contributed by atoms with Crippen molar-refractivity contribution < 1.29 is 14.6 Å². The third-order valence-corrected chi connectivity index (χ3v) is 1.98. The second kappa shape index (κ2) is 9.25. The van der Waals surface area contributed by atoms with E-state index in [4.69, 9.17) is 4.89 Å². The fourth-order valence-electron chi connectivity index (χ4n) is 0.609. The van der Waals surface area contributed by atoms with Crippen molar-refractivity contribution in [2.24, 2.45) is 0 Å². The molecule has 0 N–H and O–H groups in total. The molecule has 4 heteroatoms. The molecule has 0 aromatic heterocycles. The third-order valence-electron chi connectivity index (χ3n) is 1.22. The number of unbranched alkanes of at least 4 members (excludes halogenated alkanes) is 1. The van der Waals surface area contributed by atoms with Crippen LogP contribution in [0.15, 0.2) is 0 Å². The van der Waals surface area contributed by atoms with Crippen molar-refractivity contribution in [1.82, 2.24) is 0 Å². The molecule has 0 rings (SSSR count). The minimum absolute atomic E-state index is 0.271. The lowest BCUT2D eigenvalue weighted by Crippen LogP contribution is -2.05. The van der Waals surface area contributed by atoms with Crippen LogP contribution < -0.4 is 0 Å². The molecule has 0 saturated carbocycles. The zero-order chi connectivity index (χ0) is 9.23. The molecule has 0 aliphatic rings. The predicted molar refractivity (Wildman–Crippen MR) is 55.1 cm³/mol. The summed E-state index contributed by atoms with van der Waals surface area (Å²) in [5.41, 5.74) is 0. The van der Waals surface area contributed by atoms with Gasteiger partial charge < -0.3 is 0 Å². The first-order chi connectivity index (χ1) is 5.81. The Morgan fingerprint density at radius 1 is 1.42 bits per heavy atom. The quantitative estimate of drug-likeness (QED) is 0.237. The first-order valence-electron chi connectivity index (χ1n) is 4.19. The van der Waals surface area contributed by atoms with Crippen LogP contribution in [0.2, 0.25) is 0 Å². The molecular formula is C8H15IO3. The molecule has 0 saturated heterocycles. The highest BCUT2D eigenvalue weighted by Crippen LogP contribution is 1.97. The monoisotopic (exact) mass is 286 g/mol. The molecule has 0 radical (unpaired) electrons. The Hall–Kier alpha value is 0.160. The van der Waals surface area contributed by atoms with Gasteiger partial charge in [0.05, 0.1) is 6.61 Å². The molecule has 0 aliphatic heterocycles. The highest BCUT2D eigenvalue weighted by Gasteiger charge is 2.00. The van der Waals surface area contributed by atoms with Gasteiger partial charge in [0.1, 0.15) is 0 Å². The number of carbonyl (C=O) groups is 1. The van der Waals surface area contributed by atoms with Gasteiger partial charge in [-0.15, -0.1) is 0 Å². The summed E-state index contributed by atoms with van der Waals surface area (Å²) in [6.45, 7) is 2.44. The van der Waals surface area contributed by atoms with E-state index in [2.05, 4.69) is 27.5 Å². The standard InChI is InChI=1S/C8H15IO3/c1-2-5-8(10)12-11-7-4-3-6-9/h2-7H2,1H3. The largest absolute Gasteiger partial charge is 0.342 e. The number of hydrogen-bond donors (Lipinski definition) is 0. The van der Waals surface area contributed by atoms with Crippen molar-refractivity contribution >= 4 is 28.6 Å². The molecular weight excluding hydrogens is 271 g/mol. The van der Waals surface area contributed by atoms with Crippen LogP contribution in [0.5, 0.6) is 0 Å². The second-order valence-corrected chi connectivity index (χ2v) is 3.50. The molecule has 0 aliphatic carbocycles. The maximum atomic E-state index is 10.7. The van der Waals surface area contributed by atoms with Crippen molar-refractivity contribution in [3.05, 3.63) is 0 Å². The van der Waals surface area contributed by atoms with Gasteiger partial charge in [0.25, 0.3) is 0 Å². The SMILES string of the molecule is CCCC(=O)OOCCCCI. The normalized spacial score (nSPS) is 9.83. The number of rotatable bonds is 7. The van der Waals surface area contributed by atoms with E-state index >= 15 is 0 Å². The Morgan fingerprint density at radius 2 is 2.17 bits per heavy atom. The highest BCUT2D eigenvalue weighted by atomic mass is 127. The summed E-state index contributed by atoms with van der Waals surface area (Å²) in [6.07, 6.45) is 3.29. The van der Waals surface area contributed by atoms with Gasteiger partial charge in [0.15, 0.2) is 0 Å². The Balaban J connectivity index is 3.03. The van der Waals surface area contributed by atoms with Gasteiger partial charge in [-0.3, -0.25) is 4.89 Å². The van der Waals surface area contributed by atoms with Crippen molar-refractivity contribution in [3.8, 4) is 0 Å². The molecule has 0 amide bonds. The Labute approximate surface area is 86.9 Å². The molecule has 0 unspecified atom stereocenters. The molecule has 12 heavy (non-hydrogen) atoms. The van der Waals surface area contributed by atoms with E-state index < -0.39 is 0 Å². The van der Waals surface area contributed by atoms with Crippen LogP contribution in [-0.4, -0.2) is 17.0 Å². The Bertz CT molecular complexity index is 117.